The first-order valence-corrected chi connectivity index (χ1v) is 9.51. The van der Waals surface area contributed by atoms with Crippen LogP contribution in [0.2, 0.25) is 0 Å². The summed E-state index contributed by atoms with van der Waals surface area (Å²) in [6.45, 7) is 1.83. The minimum absolute atomic E-state index is 0.146. The highest BCUT2D eigenvalue weighted by Gasteiger charge is 2.43. The predicted octanol–water partition coefficient (Wildman–Crippen LogP) is 1.37. The number of ether oxygens (including phenoxy) is 1. The Morgan fingerprint density at radius 1 is 1.23 bits per heavy atom. The predicted molar refractivity (Wildman–Crippen MR) is 83.2 cm³/mol. The molecule has 2 N–H and O–H groups in total. The van der Waals surface area contributed by atoms with Gasteiger partial charge in [-0.15, -0.1) is 0 Å². The fraction of sp³-hybridized carbons (Fsp3) is 0.625. The number of hydrogen-bond acceptors (Lipinski definition) is 4. The van der Waals surface area contributed by atoms with Crippen LogP contribution in [0.3, 0.4) is 0 Å². The Balaban J connectivity index is 1.61. The summed E-state index contributed by atoms with van der Waals surface area (Å²) in [6, 6.07) is 5.37. The molecule has 3 atom stereocenters. The van der Waals surface area contributed by atoms with Crippen LogP contribution in [0.5, 0.6) is 5.75 Å². The summed E-state index contributed by atoms with van der Waals surface area (Å²) in [5.74, 6) is 1.56. The third-order valence-electron chi connectivity index (χ3n) is 5.42. The summed E-state index contributed by atoms with van der Waals surface area (Å²) >= 11 is 0. The van der Waals surface area contributed by atoms with Gasteiger partial charge in [0, 0.05) is 25.6 Å². The van der Waals surface area contributed by atoms with Gasteiger partial charge < -0.3 is 10.5 Å². The van der Waals surface area contributed by atoms with Gasteiger partial charge in [-0.2, -0.15) is 4.31 Å². The Morgan fingerprint density at radius 3 is 2.91 bits per heavy atom. The van der Waals surface area contributed by atoms with E-state index in [9.17, 15) is 8.42 Å². The summed E-state index contributed by atoms with van der Waals surface area (Å²) < 4.78 is 33.0. The van der Waals surface area contributed by atoms with Crippen molar-refractivity contribution in [2.45, 2.75) is 36.6 Å². The number of sulfonamides is 1. The van der Waals surface area contributed by atoms with E-state index in [0.717, 1.165) is 37.0 Å². The van der Waals surface area contributed by atoms with Crippen LogP contribution in [0.1, 0.15) is 24.8 Å². The van der Waals surface area contributed by atoms with Crippen molar-refractivity contribution in [1.82, 2.24) is 4.31 Å². The third-order valence-corrected chi connectivity index (χ3v) is 7.25. The van der Waals surface area contributed by atoms with E-state index in [1.165, 1.54) is 0 Å². The monoisotopic (exact) mass is 322 g/mol. The first-order valence-electron chi connectivity index (χ1n) is 8.07. The van der Waals surface area contributed by atoms with Crippen LogP contribution in [0.4, 0.5) is 0 Å². The fourth-order valence-corrected chi connectivity index (χ4v) is 5.73. The highest BCUT2D eigenvalue weighted by atomic mass is 32.2. The maximum Gasteiger partial charge on any atom is 0.243 e. The lowest BCUT2D eigenvalue weighted by molar-refractivity contribution is 0.260. The highest BCUT2D eigenvalue weighted by molar-refractivity contribution is 7.89. The van der Waals surface area contributed by atoms with Gasteiger partial charge >= 0.3 is 0 Å². The minimum atomic E-state index is -3.42. The van der Waals surface area contributed by atoms with Crippen molar-refractivity contribution in [3.05, 3.63) is 23.8 Å². The van der Waals surface area contributed by atoms with E-state index in [-0.39, 0.29) is 6.04 Å². The second-order valence-corrected chi connectivity index (χ2v) is 8.65. The molecule has 2 heterocycles. The summed E-state index contributed by atoms with van der Waals surface area (Å²) in [5, 5.41) is 0. The second-order valence-electron chi connectivity index (χ2n) is 6.71. The van der Waals surface area contributed by atoms with E-state index in [1.54, 1.807) is 22.5 Å². The number of nitrogens with zero attached hydrogens (tertiary/aromatic N) is 1. The van der Waals surface area contributed by atoms with Gasteiger partial charge in [-0.05, 0) is 48.4 Å². The fourth-order valence-electron chi connectivity index (χ4n) is 4.14. The van der Waals surface area contributed by atoms with Crippen molar-refractivity contribution in [3.8, 4) is 5.75 Å². The van der Waals surface area contributed by atoms with E-state index in [2.05, 4.69) is 0 Å². The van der Waals surface area contributed by atoms with Crippen LogP contribution in [0, 0.1) is 11.8 Å². The Morgan fingerprint density at radius 2 is 2.09 bits per heavy atom. The normalized spacial score (nSPS) is 31.6. The lowest BCUT2D eigenvalue weighted by Gasteiger charge is -2.29. The zero-order chi connectivity index (χ0) is 15.3. The van der Waals surface area contributed by atoms with Crippen LogP contribution in [0.25, 0.3) is 0 Å². The smallest absolute Gasteiger partial charge is 0.243 e. The molecule has 1 aliphatic carbocycles. The van der Waals surface area contributed by atoms with Gasteiger partial charge in [0.15, 0.2) is 0 Å². The van der Waals surface area contributed by atoms with Crippen molar-refractivity contribution in [2.75, 3.05) is 19.7 Å². The number of rotatable bonds is 2. The van der Waals surface area contributed by atoms with Gasteiger partial charge in [-0.1, -0.05) is 6.42 Å². The van der Waals surface area contributed by atoms with E-state index in [4.69, 9.17) is 10.5 Å². The van der Waals surface area contributed by atoms with Crippen LogP contribution >= 0.6 is 0 Å². The maximum atomic E-state index is 12.9. The molecule has 5 nitrogen and oxygen atoms in total. The Hall–Kier alpha value is -1.11. The lowest BCUT2D eigenvalue weighted by Crippen LogP contribution is -2.38. The highest BCUT2D eigenvalue weighted by Crippen LogP contribution is 2.38. The zero-order valence-corrected chi connectivity index (χ0v) is 13.4. The molecule has 3 unspecified atom stereocenters. The average Bonchev–Trinajstić information content (AvgIpc) is 3.13. The van der Waals surface area contributed by atoms with Crippen molar-refractivity contribution in [2.24, 2.45) is 17.6 Å². The molecule has 0 aromatic heterocycles. The molecule has 1 saturated heterocycles. The van der Waals surface area contributed by atoms with Crippen LogP contribution < -0.4 is 10.5 Å². The Kier molecular flexibility index (Phi) is 3.43. The molecular weight excluding hydrogens is 300 g/mol. The van der Waals surface area contributed by atoms with E-state index < -0.39 is 10.0 Å². The lowest BCUT2D eigenvalue weighted by atomic mass is 9.78. The standard InChI is InChI=1S/C16H22N2O3S/c17-15-3-1-2-12-9-18(10-14(12)15)22(19,20)13-4-5-16-11(8-13)6-7-21-16/h4-5,8,12,14-15H,1-3,6-7,9-10,17H2. The second kappa shape index (κ2) is 5.22. The summed E-state index contributed by atoms with van der Waals surface area (Å²) in [5.41, 5.74) is 7.19. The van der Waals surface area contributed by atoms with Gasteiger partial charge in [-0.25, -0.2) is 8.42 Å². The maximum absolute atomic E-state index is 12.9. The molecule has 22 heavy (non-hydrogen) atoms. The molecule has 1 aromatic rings. The van der Waals surface area contributed by atoms with E-state index in [0.29, 0.717) is 36.4 Å². The van der Waals surface area contributed by atoms with Gasteiger partial charge in [0.05, 0.1) is 11.5 Å². The topological polar surface area (TPSA) is 72.6 Å². The number of nitrogens with two attached hydrogens (primary N) is 1. The van der Waals surface area contributed by atoms with Gasteiger partial charge in [0.25, 0.3) is 0 Å². The summed E-state index contributed by atoms with van der Waals surface area (Å²) in [6.07, 6.45) is 4.02. The number of benzene rings is 1. The molecule has 0 amide bonds. The molecule has 2 fully saturated rings. The molecule has 0 bridgehead atoms. The quantitative estimate of drug-likeness (QED) is 0.892. The Bertz CT molecular complexity index is 689. The molecule has 0 spiro atoms. The minimum Gasteiger partial charge on any atom is -0.493 e. The molecule has 1 aromatic carbocycles. The first-order chi connectivity index (χ1) is 10.6. The Labute approximate surface area is 131 Å². The average molecular weight is 322 g/mol. The van der Waals surface area contributed by atoms with Crippen molar-refractivity contribution in [3.63, 3.8) is 0 Å². The first kappa shape index (κ1) is 14.5. The molecule has 3 aliphatic rings. The number of fused-ring (bicyclic) bond motifs is 2. The summed E-state index contributed by atoms with van der Waals surface area (Å²) in [4.78, 5) is 0.393. The zero-order valence-electron chi connectivity index (χ0n) is 12.6. The van der Waals surface area contributed by atoms with E-state index >= 15 is 0 Å². The molecule has 1 saturated carbocycles. The van der Waals surface area contributed by atoms with E-state index in [1.807, 2.05) is 0 Å². The number of hydrogen-bond donors (Lipinski definition) is 1. The van der Waals surface area contributed by atoms with Crippen molar-refractivity contribution < 1.29 is 13.2 Å². The molecule has 120 valence electrons. The van der Waals surface area contributed by atoms with Crippen LogP contribution in [0.15, 0.2) is 23.1 Å². The molecular formula is C16H22N2O3S. The van der Waals surface area contributed by atoms with Crippen LogP contribution in [-0.2, 0) is 16.4 Å². The van der Waals surface area contributed by atoms with Gasteiger partial charge in [-0.3, -0.25) is 0 Å². The van der Waals surface area contributed by atoms with Crippen molar-refractivity contribution in [1.29, 1.82) is 0 Å². The SMILES string of the molecule is NC1CCCC2CN(S(=O)(=O)c3ccc4c(c3)CCO4)CC12. The summed E-state index contributed by atoms with van der Waals surface area (Å²) in [7, 11) is -3.42. The van der Waals surface area contributed by atoms with Crippen molar-refractivity contribution >= 4 is 10.0 Å². The molecule has 2 aliphatic heterocycles. The van der Waals surface area contributed by atoms with Gasteiger partial charge in [0.1, 0.15) is 5.75 Å². The molecule has 6 heteroatoms. The van der Waals surface area contributed by atoms with Gasteiger partial charge in [0.2, 0.25) is 10.0 Å². The molecule has 0 radical (unpaired) electrons. The molecule has 4 rings (SSSR count). The largest absolute Gasteiger partial charge is 0.493 e. The third kappa shape index (κ3) is 2.25. The van der Waals surface area contributed by atoms with Crippen LogP contribution in [-0.4, -0.2) is 38.5 Å².